The van der Waals surface area contributed by atoms with Gasteiger partial charge in [-0.25, -0.2) is 9.50 Å². The second-order valence-electron chi connectivity index (χ2n) is 2.10. The minimum Gasteiger partial charge on any atom is -0.396 e. The maximum Gasteiger partial charge on any atom is 0.254 e. The molecule has 0 saturated carbocycles. The molecule has 2 aromatic rings. The Labute approximate surface area is 61.9 Å². The van der Waals surface area contributed by atoms with Crippen molar-refractivity contribution < 1.29 is 0 Å². The summed E-state index contributed by atoms with van der Waals surface area (Å²) >= 11 is 0. The van der Waals surface area contributed by atoms with Crippen molar-refractivity contribution in [2.75, 3.05) is 11.5 Å². The lowest BCUT2D eigenvalue weighted by Crippen LogP contribution is -1.94. The topological polar surface area (TPSA) is 95.1 Å². The molecule has 0 aliphatic heterocycles. The van der Waals surface area contributed by atoms with Gasteiger partial charge in [0.15, 0.2) is 0 Å². The first-order chi connectivity index (χ1) is 5.25. The highest BCUT2D eigenvalue weighted by Crippen LogP contribution is 2.01. The zero-order chi connectivity index (χ0) is 7.84. The molecule has 0 amide bonds. The number of hydrogen-bond acceptors (Lipinski definition) is 5. The van der Waals surface area contributed by atoms with E-state index in [4.69, 9.17) is 11.5 Å². The predicted octanol–water partition coefficient (Wildman–Crippen LogP) is -0.711. The third-order valence-corrected chi connectivity index (χ3v) is 1.23. The van der Waals surface area contributed by atoms with Gasteiger partial charge in [-0.1, -0.05) is 0 Å². The summed E-state index contributed by atoms with van der Waals surface area (Å²) in [5, 5.41) is 3.81. The Morgan fingerprint density at radius 1 is 1.36 bits per heavy atom. The Morgan fingerprint density at radius 3 is 3.00 bits per heavy atom. The number of rotatable bonds is 0. The molecule has 0 saturated heterocycles. The van der Waals surface area contributed by atoms with Gasteiger partial charge < -0.3 is 11.5 Å². The molecule has 0 aliphatic carbocycles. The molecule has 0 radical (unpaired) electrons. The third-order valence-electron chi connectivity index (χ3n) is 1.23. The molecule has 0 fully saturated rings. The first kappa shape index (κ1) is 5.90. The van der Waals surface area contributed by atoms with Crippen molar-refractivity contribution >= 4 is 17.4 Å². The Kier molecular flexibility index (Phi) is 0.974. The van der Waals surface area contributed by atoms with Crippen LogP contribution in [0.5, 0.6) is 0 Å². The van der Waals surface area contributed by atoms with E-state index in [1.165, 1.54) is 10.7 Å². The summed E-state index contributed by atoms with van der Waals surface area (Å²) in [5.74, 6) is 0.653. The number of aromatic nitrogens is 4. The fourth-order valence-corrected chi connectivity index (χ4v) is 0.813. The van der Waals surface area contributed by atoms with Gasteiger partial charge in [-0.3, -0.25) is 0 Å². The van der Waals surface area contributed by atoms with E-state index in [1.54, 1.807) is 6.20 Å². The van der Waals surface area contributed by atoms with Gasteiger partial charge in [0.05, 0.1) is 18.1 Å². The molecule has 6 nitrogen and oxygen atoms in total. The van der Waals surface area contributed by atoms with E-state index in [9.17, 15) is 0 Å². The summed E-state index contributed by atoms with van der Waals surface area (Å²) in [4.78, 5) is 7.70. The maximum absolute atomic E-state index is 5.44. The van der Waals surface area contributed by atoms with Gasteiger partial charge >= 0.3 is 0 Å². The second-order valence-corrected chi connectivity index (χ2v) is 2.10. The van der Waals surface area contributed by atoms with Crippen LogP contribution < -0.4 is 11.5 Å². The Bertz CT molecular complexity index is 391. The van der Waals surface area contributed by atoms with Gasteiger partial charge in [-0.15, -0.1) is 5.10 Å². The number of hydrogen-bond donors (Lipinski definition) is 2. The van der Waals surface area contributed by atoms with Crippen molar-refractivity contribution in [1.29, 1.82) is 0 Å². The van der Waals surface area contributed by atoms with Crippen LogP contribution in [0.2, 0.25) is 0 Å². The molecule has 11 heavy (non-hydrogen) atoms. The molecule has 6 heteroatoms. The van der Waals surface area contributed by atoms with Gasteiger partial charge in [0.2, 0.25) is 5.95 Å². The van der Waals surface area contributed by atoms with Crippen LogP contribution in [0.1, 0.15) is 0 Å². The number of nitrogen functional groups attached to an aromatic ring is 2. The number of fused-ring (bicyclic) bond motifs is 1. The predicted molar refractivity (Wildman–Crippen MR) is 39.6 cm³/mol. The van der Waals surface area contributed by atoms with Crippen LogP contribution in [-0.2, 0) is 0 Å². The monoisotopic (exact) mass is 150 g/mol. The minimum atomic E-state index is 0.197. The SMILES string of the molecule is Nc1cnc2nc(N)nn2c1. The average Bonchev–Trinajstić information content (AvgIpc) is 2.27. The molecule has 2 heterocycles. The molecule has 0 aliphatic rings. The molecule has 0 unspecified atom stereocenters. The number of anilines is 2. The van der Waals surface area contributed by atoms with E-state index in [0.717, 1.165) is 0 Å². The van der Waals surface area contributed by atoms with Gasteiger partial charge in [0.25, 0.3) is 5.78 Å². The summed E-state index contributed by atoms with van der Waals surface area (Å²) in [6.45, 7) is 0. The normalized spacial score (nSPS) is 10.5. The molecule has 0 spiro atoms. The lowest BCUT2D eigenvalue weighted by molar-refractivity contribution is 0.947. The van der Waals surface area contributed by atoms with Crippen LogP contribution in [0, 0.1) is 0 Å². The Balaban J connectivity index is 2.82. The van der Waals surface area contributed by atoms with Gasteiger partial charge in [-0.2, -0.15) is 4.98 Å². The highest BCUT2D eigenvalue weighted by molar-refractivity contribution is 5.40. The Morgan fingerprint density at radius 2 is 2.18 bits per heavy atom. The van der Waals surface area contributed by atoms with Crippen molar-refractivity contribution in [2.45, 2.75) is 0 Å². The van der Waals surface area contributed by atoms with E-state index in [2.05, 4.69) is 15.1 Å². The van der Waals surface area contributed by atoms with Gasteiger partial charge in [0.1, 0.15) is 0 Å². The van der Waals surface area contributed by atoms with Crippen molar-refractivity contribution in [2.24, 2.45) is 0 Å². The summed E-state index contributed by atoms with van der Waals surface area (Å²) in [7, 11) is 0. The van der Waals surface area contributed by atoms with E-state index in [0.29, 0.717) is 11.5 Å². The molecule has 0 bridgehead atoms. The zero-order valence-electron chi connectivity index (χ0n) is 5.60. The van der Waals surface area contributed by atoms with Crippen molar-refractivity contribution in [3.63, 3.8) is 0 Å². The molecule has 2 rings (SSSR count). The molecule has 0 atom stereocenters. The van der Waals surface area contributed by atoms with Crippen LogP contribution in [0.15, 0.2) is 12.4 Å². The summed E-state index contributed by atoms with van der Waals surface area (Å²) in [6, 6.07) is 0. The molecule has 0 aromatic carbocycles. The van der Waals surface area contributed by atoms with E-state index < -0.39 is 0 Å². The van der Waals surface area contributed by atoms with Crippen molar-refractivity contribution in [3.05, 3.63) is 12.4 Å². The summed E-state index contributed by atoms with van der Waals surface area (Å²) in [5.41, 5.74) is 11.3. The van der Waals surface area contributed by atoms with E-state index >= 15 is 0 Å². The van der Waals surface area contributed by atoms with Gasteiger partial charge in [-0.05, 0) is 0 Å². The van der Waals surface area contributed by atoms with Crippen molar-refractivity contribution in [1.82, 2.24) is 19.6 Å². The average molecular weight is 150 g/mol. The second kappa shape index (κ2) is 1.82. The lowest BCUT2D eigenvalue weighted by atomic mass is 10.6. The highest BCUT2D eigenvalue weighted by atomic mass is 15.4. The van der Waals surface area contributed by atoms with Gasteiger partial charge in [0, 0.05) is 0 Å². The fraction of sp³-hybridized carbons (Fsp3) is 0. The molecular formula is C5H6N6. The summed E-state index contributed by atoms with van der Waals surface area (Å²) < 4.78 is 1.44. The largest absolute Gasteiger partial charge is 0.396 e. The minimum absolute atomic E-state index is 0.197. The van der Waals surface area contributed by atoms with Crippen LogP contribution in [0.3, 0.4) is 0 Å². The molecule has 4 N–H and O–H groups in total. The highest BCUT2D eigenvalue weighted by Gasteiger charge is 1.99. The number of nitrogens with two attached hydrogens (primary N) is 2. The third kappa shape index (κ3) is 0.841. The standard InChI is InChI=1S/C5H6N6/c6-3-1-8-5-9-4(7)10-11(5)2-3/h1-2H,6H2,(H2,7,10). The van der Waals surface area contributed by atoms with Crippen LogP contribution in [0.4, 0.5) is 11.6 Å². The fourth-order valence-electron chi connectivity index (χ4n) is 0.813. The van der Waals surface area contributed by atoms with Crippen LogP contribution in [0.25, 0.3) is 5.78 Å². The van der Waals surface area contributed by atoms with Crippen molar-refractivity contribution in [3.8, 4) is 0 Å². The first-order valence-electron chi connectivity index (χ1n) is 2.99. The van der Waals surface area contributed by atoms with Crippen LogP contribution in [-0.4, -0.2) is 19.6 Å². The zero-order valence-corrected chi connectivity index (χ0v) is 5.60. The summed E-state index contributed by atoms with van der Waals surface area (Å²) in [6.07, 6.45) is 3.11. The first-order valence-corrected chi connectivity index (χ1v) is 2.99. The smallest absolute Gasteiger partial charge is 0.254 e. The van der Waals surface area contributed by atoms with E-state index in [1.807, 2.05) is 0 Å². The quantitative estimate of drug-likeness (QED) is 0.517. The molecule has 2 aromatic heterocycles. The lowest BCUT2D eigenvalue weighted by Gasteiger charge is -1.90. The maximum atomic E-state index is 5.44. The number of nitrogens with zero attached hydrogens (tertiary/aromatic N) is 4. The molecule has 56 valence electrons. The van der Waals surface area contributed by atoms with Crippen LogP contribution >= 0.6 is 0 Å². The Hall–Kier alpha value is -1.85. The van der Waals surface area contributed by atoms with E-state index in [-0.39, 0.29) is 5.95 Å². The molecular weight excluding hydrogens is 144 g/mol.